The molecular formula is C51H41N7. The molecule has 7 nitrogen and oxygen atoms in total. The molecule has 0 saturated heterocycles. The van der Waals surface area contributed by atoms with Crippen LogP contribution in [-0.4, -0.2) is 17.0 Å². The maximum absolute atomic E-state index is 5.42. The average Bonchev–Trinajstić information content (AvgIpc) is 3.84. The largest absolute Gasteiger partial charge is 0.304 e. The zero-order valence-corrected chi connectivity index (χ0v) is 33.4. The van der Waals surface area contributed by atoms with Crippen molar-refractivity contribution in [3.8, 4) is 22.3 Å². The summed E-state index contributed by atoms with van der Waals surface area (Å²) < 4.78 is 0. The van der Waals surface area contributed by atoms with Crippen molar-refractivity contribution in [1.82, 2.24) is 0 Å². The van der Waals surface area contributed by atoms with Crippen molar-refractivity contribution in [3.05, 3.63) is 172 Å². The van der Waals surface area contributed by atoms with E-state index < -0.39 is 17.0 Å². The van der Waals surface area contributed by atoms with Crippen molar-refractivity contribution in [3.63, 3.8) is 0 Å². The molecule has 0 radical (unpaired) electrons. The van der Waals surface area contributed by atoms with E-state index in [0.29, 0.717) is 0 Å². The summed E-state index contributed by atoms with van der Waals surface area (Å²) in [5.74, 6) is 0. The molecule has 0 saturated carbocycles. The smallest absolute Gasteiger partial charge is 0.146 e. The second-order valence-electron chi connectivity index (χ2n) is 17.0. The molecule has 0 aliphatic carbocycles. The fourth-order valence-corrected chi connectivity index (χ4v) is 9.07. The Balaban J connectivity index is 1.23. The number of hydrogen-bond acceptors (Lipinski definition) is 7. The number of rotatable bonds is 5. The zero-order valence-electron chi connectivity index (χ0n) is 33.4. The van der Waals surface area contributed by atoms with Gasteiger partial charge in [-0.3, -0.25) is 30.0 Å². The number of benzene rings is 8. The minimum atomic E-state index is -0.691. The van der Waals surface area contributed by atoms with Gasteiger partial charge in [0.15, 0.2) is 0 Å². The van der Waals surface area contributed by atoms with Gasteiger partial charge < -0.3 is 4.90 Å². The predicted octanol–water partition coefficient (Wildman–Crippen LogP) is 8.92. The highest BCUT2D eigenvalue weighted by atomic mass is 15.2. The van der Waals surface area contributed by atoms with Crippen LogP contribution in [0.2, 0.25) is 0 Å². The van der Waals surface area contributed by atoms with Crippen LogP contribution in [0.5, 0.6) is 0 Å². The monoisotopic (exact) mass is 751 g/mol. The Bertz CT molecular complexity index is 3460. The first-order chi connectivity index (χ1) is 27.9. The van der Waals surface area contributed by atoms with E-state index in [1.54, 1.807) is 0 Å². The molecule has 0 spiro atoms. The maximum Gasteiger partial charge on any atom is 0.146 e. The van der Waals surface area contributed by atoms with Gasteiger partial charge in [-0.05, 0) is 134 Å². The van der Waals surface area contributed by atoms with Crippen LogP contribution in [0.25, 0.3) is 54.6 Å². The second-order valence-corrected chi connectivity index (χ2v) is 17.0. The van der Waals surface area contributed by atoms with E-state index in [1.165, 1.54) is 32.3 Å². The Morgan fingerprint density at radius 1 is 0.362 bits per heavy atom. The number of fused-ring (bicyclic) bond motifs is 6. The van der Waals surface area contributed by atoms with E-state index in [1.807, 2.05) is 19.9 Å². The number of hydrogen-bond donors (Lipinski definition) is 0. The normalized spacial score (nSPS) is 16.3. The molecule has 8 aromatic rings. The number of anilines is 3. The van der Waals surface area contributed by atoms with Crippen LogP contribution < -0.4 is 37.0 Å². The highest BCUT2D eigenvalue weighted by molar-refractivity contribution is 6.12. The molecule has 3 aliphatic heterocycles. The molecule has 0 N–H and O–H groups in total. The van der Waals surface area contributed by atoms with E-state index >= 15 is 0 Å². The van der Waals surface area contributed by atoms with Gasteiger partial charge in [-0.1, -0.05) is 91.0 Å². The fourth-order valence-electron chi connectivity index (χ4n) is 9.07. The maximum atomic E-state index is 5.42. The molecule has 0 fully saturated rings. The zero-order chi connectivity index (χ0) is 39.6. The molecule has 0 unspecified atom stereocenters. The van der Waals surface area contributed by atoms with Crippen LogP contribution in [0.3, 0.4) is 0 Å². The number of nitrogens with zero attached hydrogens (tertiary/aromatic N) is 7. The van der Waals surface area contributed by atoms with Crippen LogP contribution in [0.1, 0.15) is 41.5 Å². The van der Waals surface area contributed by atoms with Gasteiger partial charge in [0.1, 0.15) is 33.1 Å². The van der Waals surface area contributed by atoms with Crippen molar-refractivity contribution < 1.29 is 0 Å². The molecule has 58 heavy (non-hydrogen) atoms. The van der Waals surface area contributed by atoms with Crippen molar-refractivity contribution in [1.29, 1.82) is 0 Å². The summed E-state index contributed by atoms with van der Waals surface area (Å²) in [7, 11) is 0. The number of para-hydroxylation sites is 1. The molecule has 0 amide bonds. The molecule has 3 aliphatic rings. The van der Waals surface area contributed by atoms with E-state index in [4.69, 9.17) is 30.0 Å². The van der Waals surface area contributed by atoms with Crippen molar-refractivity contribution in [2.45, 2.75) is 58.5 Å². The second kappa shape index (κ2) is 12.1. The molecule has 11 rings (SSSR count). The van der Waals surface area contributed by atoms with Crippen molar-refractivity contribution in [2.24, 2.45) is 30.0 Å². The summed E-state index contributed by atoms with van der Waals surface area (Å²) in [5, 5.41) is 12.2. The summed E-state index contributed by atoms with van der Waals surface area (Å²) >= 11 is 0. The lowest BCUT2D eigenvalue weighted by Crippen LogP contribution is -2.38. The highest BCUT2D eigenvalue weighted by Crippen LogP contribution is 2.38. The third-order valence-electron chi connectivity index (χ3n) is 11.4. The molecule has 0 aromatic heterocycles. The van der Waals surface area contributed by atoms with Crippen LogP contribution in [0.15, 0.2) is 169 Å². The van der Waals surface area contributed by atoms with Crippen LogP contribution in [0, 0.1) is 0 Å². The Hall–Kier alpha value is -6.86. The Kier molecular flexibility index (Phi) is 7.16. The lowest BCUT2D eigenvalue weighted by Gasteiger charge is -2.26. The lowest BCUT2D eigenvalue weighted by atomic mass is 9.91. The molecule has 8 aromatic carbocycles. The SMILES string of the molecule is CC1(C)N=c2cccc(N(c3ccc(-c4ccc5ccccc5c4)c4c3=NC(C)(C)N=4)c3ccc(-c4c5ccccc5cc5ccccc45)c4c3=NC(C)(C)N=4)c2=N1. The van der Waals surface area contributed by atoms with Crippen LogP contribution in [0.4, 0.5) is 17.1 Å². The first-order valence-corrected chi connectivity index (χ1v) is 20.0. The standard InChI is InChI=1S/C51H41N7/c1-49(2)52-39-20-13-21-40(46(39)55-49)58(41-26-24-37(44-47(41)56-50(3,4)53-44)34-23-22-30-14-7-8-15-31(30)28-34)42-27-25-38(45-48(42)57-51(5,6)54-45)43-35-18-11-9-16-32(35)29-33-17-10-12-19-36(33)43/h7-29H,1-6H3. The molecule has 0 bridgehead atoms. The van der Waals surface area contributed by atoms with Gasteiger partial charge in [0, 0.05) is 11.1 Å². The molecule has 0 atom stereocenters. The van der Waals surface area contributed by atoms with E-state index in [-0.39, 0.29) is 0 Å². The van der Waals surface area contributed by atoms with Gasteiger partial charge in [0.2, 0.25) is 0 Å². The van der Waals surface area contributed by atoms with Gasteiger partial charge in [-0.2, -0.15) is 0 Å². The van der Waals surface area contributed by atoms with Crippen molar-refractivity contribution >= 4 is 49.4 Å². The van der Waals surface area contributed by atoms with E-state index in [0.717, 1.165) is 71.5 Å². The van der Waals surface area contributed by atoms with Gasteiger partial charge >= 0.3 is 0 Å². The first-order valence-electron chi connectivity index (χ1n) is 20.0. The summed E-state index contributed by atoms with van der Waals surface area (Å²) in [6.45, 7) is 12.4. The lowest BCUT2D eigenvalue weighted by molar-refractivity contribution is 0.549. The van der Waals surface area contributed by atoms with Gasteiger partial charge in [-0.25, -0.2) is 0 Å². The van der Waals surface area contributed by atoms with Crippen molar-refractivity contribution in [2.75, 3.05) is 4.90 Å². The van der Waals surface area contributed by atoms with Crippen LogP contribution >= 0.6 is 0 Å². The quantitative estimate of drug-likeness (QED) is 0.162. The Morgan fingerprint density at radius 2 is 0.862 bits per heavy atom. The van der Waals surface area contributed by atoms with Gasteiger partial charge in [0.05, 0.1) is 33.1 Å². The van der Waals surface area contributed by atoms with E-state index in [2.05, 4.69) is 166 Å². The molecule has 280 valence electrons. The Labute approximate surface area is 335 Å². The summed E-state index contributed by atoms with van der Waals surface area (Å²) in [4.78, 5) is 34.0. The third kappa shape index (κ3) is 5.41. The average molecular weight is 752 g/mol. The van der Waals surface area contributed by atoms with Gasteiger partial charge in [0.25, 0.3) is 0 Å². The minimum absolute atomic E-state index is 0.601. The summed E-state index contributed by atoms with van der Waals surface area (Å²) in [5.41, 5.74) is 5.09. The summed E-state index contributed by atoms with van der Waals surface area (Å²) in [6.07, 6.45) is 0. The Morgan fingerprint density at radius 3 is 1.52 bits per heavy atom. The molecular weight excluding hydrogens is 711 g/mol. The van der Waals surface area contributed by atoms with E-state index in [9.17, 15) is 0 Å². The topological polar surface area (TPSA) is 77.4 Å². The minimum Gasteiger partial charge on any atom is -0.304 e. The van der Waals surface area contributed by atoms with Crippen LogP contribution in [-0.2, 0) is 0 Å². The molecule has 3 heterocycles. The molecule has 7 heteroatoms. The first kappa shape index (κ1) is 34.4. The van der Waals surface area contributed by atoms with Gasteiger partial charge in [-0.15, -0.1) is 0 Å². The predicted molar refractivity (Wildman–Crippen MR) is 234 cm³/mol. The summed E-state index contributed by atoms with van der Waals surface area (Å²) in [6, 6.07) is 49.7. The third-order valence-corrected chi connectivity index (χ3v) is 11.4. The highest BCUT2D eigenvalue weighted by Gasteiger charge is 2.31. The fraction of sp³-hybridized carbons (Fsp3) is 0.176.